The van der Waals surface area contributed by atoms with Gasteiger partial charge in [0.05, 0.1) is 0 Å². The van der Waals surface area contributed by atoms with E-state index in [0.29, 0.717) is 15.6 Å². The lowest BCUT2D eigenvalue weighted by Gasteiger charge is -2.03. The number of aromatic nitrogens is 2. The van der Waals surface area contributed by atoms with E-state index < -0.39 is 5.91 Å². The SMILES string of the molecule is Cn1cc(C#N)c(NC(=O)c2cc(Cl)cc(Cl)c2)n1. The lowest BCUT2D eigenvalue weighted by Crippen LogP contribution is -2.13. The normalized spacial score (nSPS) is 10.0. The van der Waals surface area contributed by atoms with Gasteiger partial charge < -0.3 is 5.32 Å². The van der Waals surface area contributed by atoms with Gasteiger partial charge in [-0.1, -0.05) is 23.2 Å². The molecule has 2 aromatic rings. The predicted octanol–water partition coefficient (Wildman–Crippen LogP) is 2.85. The standard InChI is InChI=1S/C12H8Cl2N4O/c1-18-6-8(5-15)11(17-18)16-12(19)7-2-9(13)4-10(14)3-7/h2-4,6H,1H3,(H,16,17,19). The Morgan fingerprint density at radius 1 is 1.37 bits per heavy atom. The molecule has 0 fully saturated rings. The highest BCUT2D eigenvalue weighted by molar-refractivity contribution is 6.35. The van der Waals surface area contributed by atoms with Crippen LogP contribution in [0, 0.1) is 11.3 Å². The van der Waals surface area contributed by atoms with Gasteiger partial charge in [0.25, 0.3) is 5.91 Å². The van der Waals surface area contributed by atoms with Crippen molar-refractivity contribution in [2.45, 2.75) is 0 Å². The molecule has 96 valence electrons. The van der Waals surface area contributed by atoms with Crippen LogP contribution in [0.25, 0.3) is 0 Å². The first kappa shape index (κ1) is 13.4. The van der Waals surface area contributed by atoms with Crippen LogP contribution in [0.4, 0.5) is 5.82 Å². The van der Waals surface area contributed by atoms with E-state index in [9.17, 15) is 4.79 Å². The van der Waals surface area contributed by atoms with Crippen LogP contribution in [0.3, 0.4) is 0 Å². The fraction of sp³-hybridized carbons (Fsp3) is 0.0833. The molecule has 1 N–H and O–H groups in total. The van der Waals surface area contributed by atoms with Crippen LogP contribution in [-0.4, -0.2) is 15.7 Å². The predicted molar refractivity (Wildman–Crippen MR) is 72.3 cm³/mol. The van der Waals surface area contributed by atoms with E-state index in [1.54, 1.807) is 7.05 Å². The van der Waals surface area contributed by atoms with Crippen molar-refractivity contribution >= 4 is 34.9 Å². The van der Waals surface area contributed by atoms with Crippen LogP contribution in [0.1, 0.15) is 15.9 Å². The van der Waals surface area contributed by atoms with Gasteiger partial charge >= 0.3 is 0 Å². The Bertz CT molecular complexity index is 667. The van der Waals surface area contributed by atoms with Crippen LogP contribution in [-0.2, 0) is 7.05 Å². The highest BCUT2D eigenvalue weighted by Gasteiger charge is 2.13. The van der Waals surface area contributed by atoms with Crippen LogP contribution in [0.15, 0.2) is 24.4 Å². The minimum atomic E-state index is -0.431. The molecule has 0 atom stereocenters. The summed E-state index contributed by atoms with van der Waals surface area (Å²) in [6.45, 7) is 0. The second kappa shape index (κ2) is 5.31. The summed E-state index contributed by atoms with van der Waals surface area (Å²) in [5.74, 6) is -0.231. The third-order valence-electron chi connectivity index (χ3n) is 2.31. The number of carbonyl (C=O) groups is 1. The Morgan fingerprint density at radius 3 is 2.58 bits per heavy atom. The topological polar surface area (TPSA) is 70.7 Å². The molecular formula is C12H8Cl2N4O. The van der Waals surface area contributed by atoms with Crippen LogP contribution in [0.2, 0.25) is 10.0 Å². The molecule has 0 unspecified atom stereocenters. The van der Waals surface area contributed by atoms with E-state index in [2.05, 4.69) is 10.4 Å². The summed E-state index contributed by atoms with van der Waals surface area (Å²) < 4.78 is 1.44. The number of hydrogen-bond donors (Lipinski definition) is 1. The minimum Gasteiger partial charge on any atom is -0.304 e. The first-order valence-electron chi connectivity index (χ1n) is 5.21. The van der Waals surface area contributed by atoms with Crippen molar-refractivity contribution in [1.82, 2.24) is 9.78 Å². The number of amides is 1. The molecule has 0 bridgehead atoms. The highest BCUT2D eigenvalue weighted by atomic mass is 35.5. The summed E-state index contributed by atoms with van der Waals surface area (Å²) in [7, 11) is 1.66. The van der Waals surface area contributed by atoms with Crippen LogP contribution < -0.4 is 5.32 Å². The van der Waals surface area contributed by atoms with Gasteiger partial charge in [-0.3, -0.25) is 9.48 Å². The number of anilines is 1. The molecule has 1 aromatic heterocycles. The molecule has 1 aromatic carbocycles. The Morgan fingerprint density at radius 2 is 2.00 bits per heavy atom. The third kappa shape index (κ3) is 3.05. The molecule has 7 heteroatoms. The Balaban J connectivity index is 2.28. The van der Waals surface area contributed by atoms with Gasteiger partial charge in [0.2, 0.25) is 0 Å². The van der Waals surface area contributed by atoms with Gasteiger partial charge in [0.15, 0.2) is 5.82 Å². The third-order valence-corrected chi connectivity index (χ3v) is 2.74. The average molecular weight is 295 g/mol. The monoisotopic (exact) mass is 294 g/mol. The van der Waals surface area contributed by atoms with Gasteiger partial charge in [-0.15, -0.1) is 0 Å². The number of hydrogen-bond acceptors (Lipinski definition) is 3. The molecule has 0 aliphatic carbocycles. The number of benzene rings is 1. The van der Waals surface area contributed by atoms with Crippen molar-refractivity contribution in [1.29, 1.82) is 5.26 Å². The summed E-state index contributed by atoms with van der Waals surface area (Å²) in [4.78, 5) is 12.0. The second-order valence-corrected chi connectivity index (χ2v) is 4.66. The van der Waals surface area contributed by atoms with E-state index >= 15 is 0 Å². The van der Waals surface area contributed by atoms with Crippen molar-refractivity contribution < 1.29 is 4.79 Å². The van der Waals surface area contributed by atoms with E-state index in [1.807, 2.05) is 6.07 Å². The van der Waals surface area contributed by atoms with Gasteiger partial charge in [-0.25, -0.2) is 0 Å². The lowest BCUT2D eigenvalue weighted by molar-refractivity contribution is 0.102. The molecule has 19 heavy (non-hydrogen) atoms. The summed E-state index contributed by atoms with van der Waals surface area (Å²) in [5.41, 5.74) is 0.580. The summed E-state index contributed by atoms with van der Waals surface area (Å²) in [6.07, 6.45) is 1.51. The number of rotatable bonds is 2. The molecule has 5 nitrogen and oxygen atoms in total. The minimum absolute atomic E-state index is 0.200. The second-order valence-electron chi connectivity index (χ2n) is 3.79. The van der Waals surface area contributed by atoms with E-state index in [4.69, 9.17) is 28.5 Å². The van der Waals surface area contributed by atoms with Crippen molar-refractivity contribution in [3.63, 3.8) is 0 Å². The Hall–Kier alpha value is -2.03. The molecular weight excluding hydrogens is 287 g/mol. The van der Waals surface area contributed by atoms with E-state index in [0.717, 1.165) is 0 Å². The fourth-order valence-electron chi connectivity index (χ4n) is 1.53. The molecule has 0 spiro atoms. The molecule has 0 aliphatic rings. The number of nitrogens with one attached hydrogen (secondary N) is 1. The smallest absolute Gasteiger partial charge is 0.257 e. The molecule has 0 aliphatic heterocycles. The van der Waals surface area contributed by atoms with Crippen molar-refractivity contribution in [3.05, 3.63) is 45.6 Å². The summed E-state index contributed by atoms with van der Waals surface area (Å²) in [6, 6.07) is 6.44. The molecule has 1 amide bonds. The Kier molecular flexibility index (Phi) is 3.74. The van der Waals surface area contributed by atoms with Crippen LogP contribution in [0.5, 0.6) is 0 Å². The number of nitrogens with zero attached hydrogens (tertiary/aromatic N) is 3. The van der Waals surface area contributed by atoms with Crippen molar-refractivity contribution in [2.75, 3.05) is 5.32 Å². The average Bonchev–Trinajstić information content (AvgIpc) is 2.68. The zero-order chi connectivity index (χ0) is 14.0. The Labute approximate surface area is 119 Å². The van der Waals surface area contributed by atoms with E-state index in [-0.39, 0.29) is 11.4 Å². The number of halogens is 2. The first-order valence-corrected chi connectivity index (χ1v) is 5.96. The quantitative estimate of drug-likeness (QED) is 0.926. The van der Waals surface area contributed by atoms with Gasteiger partial charge in [0, 0.05) is 28.9 Å². The number of nitriles is 1. The summed E-state index contributed by atoms with van der Waals surface area (Å²) >= 11 is 11.6. The maximum absolute atomic E-state index is 12.0. The molecule has 0 radical (unpaired) electrons. The maximum atomic E-state index is 12.0. The molecule has 0 saturated carbocycles. The number of carbonyl (C=O) groups excluding carboxylic acids is 1. The van der Waals surface area contributed by atoms with Crippen molar-refractivity contribution in [3.8, 4) is 6.07 Å². The summed E-state index contributed by atoms with van der Waals surface area (Å²) in [5, 5.41) is 16.2. The van der Waals surface area contributed by atoms with E-state index in [1.165, 1.54) is 29.1 Å². The van der Waals surface area contributed by atoms with Gasteiger partial charge in [-0.2, -0.15) is 10.4 Å². The van der Waals surface area contributed by atoms with Gasteiger partial charge in [0.1, 0.15) is 11.6 Å². The van der Waals surface area contributed by atoms with Crippen molar-refractivity contribution in [2.24, 2.45) is 7.05 Å². The number of aryl methyl sites for hydroxylation is 1. The molecule has 1 heterocycles. The fourth-order valence-corrected chi connectivity index (χ4v) is 2.05. The molecule has 2 rings (SSSR count). The lowest BCUT2D eigenvalue weighted by atomic mass is 10.2. The van der Waals surface area contributed by atoms with Gasteiger partial charge in [-0.05, 0) is 18.2 Å². The zero-order valence-corrected chi connectivity index (χ0v) is 11.3. The maximum Gasteiger partial charge on any atom is 0.257 e. The van der Waals surface area contributed by atoms with Crippen LogP contribution >= 0.6 is 23.2 Å². The largest absolute Gasteiger partial charge is 0.304 e. The first-order chi connectivity index (χ1) is 8.99. The zero-order valence-electron chi connectivity index (χ0n) is 9.82. The molecule has 0 saturated heterocycles. The highest BCUT2D eigenvalue weighted by Crippen LogP contribution is 2.20.